The Kier molecular flexibility index (Phi) is 7.28. The first kappa shape index (κ1) is 26.2. The van der Waals surface area contributed by atoms with Gasteiger partial charge in [0.15, 0.2) is 17.3 Å². The van der Waals surface area contributed by atoms with Crippen LogP contribution in [-0.4, -0.2) is 60.7 Å². The molecule has 3 aromatic rings. The van der Waals surface area contributed by atoms with Crippen LogP contribution >= 0.6 is 0 Å². The van der Waals surface area contributed by atoms with Crippen LogP contribution in [0.3, 0.4) is 0 Å². The van der Waals surface area contributed by atoms with Gasteiger partial charge < -0.3 is 25.0 Å². The highest BCUT2D eigenvalue weighted by Crippen LogP contribution is 2.38. The molecule has 1 aromatic heterocycles. The maximum atomic E-state index is 15.1. The van der Waals surface area contributed by atoms with Crippen molar-refractivity contribution in [2.45, 2.75) is 32.0 Å². The molecule has 2 heterocycles. The molecule has 0 saturated carbocycles. The molecule has 2 aromatic carbocycles. The van der Waals surface area contributed by atoms with Crippen LogP contribution in [0.2, 0.25) is 0 Å². The average Bonchev–Trinajstić information content (AvgIpc) is 2.87. The van der Waals surface area contributed by atoms with Crippen molar-refractivity contribution in [1.82, 2.24) is 14.9 Å². The number of aromatic nitrogens is 2. The number of benzene rings is 2. The molecule has 1 aliphatic rings. The summed E-state index contributed by atoms with van der Waals surface area (Å²) in [7, 11) is 2.72. The fraction of sp³-hybridized carbons (Fsp3) is 0.400. The Hall–Kier alpha value is -3.83. The van der Waals surface area contributed by atoms with Crippen LogP contribution in [0, 0.1) is 5.82 Å². The number of fused-ring (bicyclic) bond motifs is 1. The summed E-state index contributed by atoms with van der Waals surface area (Å²) in [6.45, 7) is 3.05. The summed E-state index contributed by atoms with van der Waals surface area (Å²) in [5.41, 5.74) is 6.07. The summed E-state index contributed by atoms with van der Waals surface area (Å²) < 4.78 is 63.7. The molecule has 1 amide bonds. The number of alkyl halides is 3. The van der Waals surface area contributed by atoms with Gasteiger partial charge in [0, 0.05) is 37.5 Å². The number of amides is 1. The Morgan fingerprint density at radius 3 is 2.43 bits per heavy atom. The van der Waals surface area contributed by atoms with Crippen molar-refractivity contribution in [2.75, 3.05) is 44.5 Å². The van der Waals surface area contributed by atoms with Crippen molar-refractivity contribution >= 4 is 28.6 Å². The van der Waals surface area contributed by atoms with Gasteiger partial charge in [-0.3, -0.25) is 4.79 Å². The molecule has 4 rings (SSSR count). The van der Waals surface area contributed by atoms with Crippen molar-refractivity contribution in [2.24, 2.45) is 0 Å². The summed E-state index contributed by atoms with van der Waals surface area (Å²) in [5.74, 6) is -0.407. The topological polar surface area (TPSA) is 93.8 Å². The van der Waals surface area contributed by atoms with Crippen molar-refractivity contribution in [1.29, 1.82) is 0 Å². The molecule has 1 saturated heterocycles. The van der Waals surface area contributed by atoms with Gasteiger partial charge in [-0.2, -0.15) is 18.2 Å². The first-order valence-corrected chi connectivity index (χ1v) is 11.6. The highest BCUT2D eigenvalue weighted by Gasteiger charge is 2.31. The molecule has 0 spiro atoms. The first-order chi connectivity index (χ1) is 17.5. The number of hydrogen-bond donors (Lipinski definition) is 1. The second kappa shape index (κ2) is 10.3. The van der Waals surface area contributed by atoms with Gasteiger partial charge in [-0.1, -0.05) is 12.1 Å². The average molecular weight is 522 g/mol. The molecule has 0 bridgehead atoms. The van der Waals surface area contributed by atoms with Gasteiger partial charge in [0.1, 0.15) is 11.3 Å². The van der Waals surface area contributed by atoms with E-state index in [2.05, 4.69) is 9.97 Å². The molecule has 0 unspecified atom stereocenters. The number of nitrogens with two attached hydrogens (primary N) is 1. The highest BCUT2D eigenvalue weighted by atomic mass is 19.4. The number of carbonyl (C=O) groups excluding carboxylic acids is 1. The lowest BCUT2D eigenvalue weighted by molar-refractivity contribution is -0.137. The summed E-state index contributed by atoms with van der Waals surface area (Å²) in [6, 6.07) is 6.15. The predicted octanol–water partition coefficient (Wildman–Crippen LogP) is 4.06. The van der Waals surface area contributed by atoms with Gasteiger partial charge in [-0.25, -0.2) is 9.37 Å². The van der Waals surface area contributed by atoms with Gasteiger partial charge in [0.25, 0.3) is 0 Å². The van der Waals surface area contributed by atoms with E-state index in [-0.39, 0.29) is 47.2 Å². The summed E-state index contributed by atoms with van der Waals surface area (Å²) in [6.07, 6.45) is -3.89. The zero-order chi connectivity index (χ0) is 26.9. The Morgan fingerprint density at radius 1 is 1.14 bits per heavy atom. The molecule has 37 heavy (non-hydrogen) atoms. The monoisotopic (exact) mass is 521 g/mol. The Labute approximate surface area is 211 Å². The molecule has 1 fully saturated rings. The number of nitrogens with zero attached hydrogens (tertiary/aromatic N) is 4. The van der Waals surface area contributed by atoms with Crippen LogP contribution in [0.25, 0.3) is 10.9 Å². The fourth-order valence-electron chi connectivity index (χ4n) is 4.42. The Bertz CT molecular complexity index is 1300. The third-order valence-corrected chi connectivity index (χ3v) is 6.44. The van der Waals surface area contributed by atoms with Crippen LogP contribution in [0.15, 0.2) is 30.3 Å². The number of carbonyl (C=O) groups is 1. The predicted molar refractivity (Wildman–Crippen MR) is 130 cm³/mol. The van der Waals surface area contributed by atoms with E-state index in [0.717, 1.165) is 12.1 Å². The van der Waals surface area contributed by atoms with E-state index in [4.69, 9.17) is 15.2 Å². The molecule has 198 valence electrons. The number of halogens is 4. The fourth-order valence-corrected chi connectivity index (χ4v) is 4.42. The maximum Gasteiger partial charge on any atom is 0.416 e. The molecule has 1 aliphatic heterocycles. The summed E-state index contributed by atoms with van der Waals surface area (Å²) in [4.78, 5) is 25.1. The quantitative estimate of drug-likeness (QED) is 0.489. The molecule has 2 N–H and O–H groups in total. The SMILES string of the molecule is COc1cc2c(N)nc(N3CCN(C(=O)CCc4ccc(C(F)(F)F)cc4)C[C@@H]3C)nc2c(F)c1OC. The number of hydrogen-bond acceptors (Lipinski definition) is 7. The van der Waals surface area contributed by atoms with Crippen molar-refractivity contribution in [3.63, 3.8) is 0 Å². The van der Waals surface area contributed by atoms with Crippen LogP contribution in [0.1, 0.15) is 24.5 Å². The normalized spacial score (nSPS) is 16.2. The Morgan fingerprint density at radius 2 is 1.84 bits per heavy atom. The molecule has 1 atom stereocenters. The second-order valence-corrected chi connectivity index (χ2v) is 8.81. The number of ether oxygens (including phenoxy) is 2. The first-order valence-electron chi connectivity index (χ1n) is 11.6. The van der Waals surface area contributed by atoms with Gasteiger partial charge in [0.2, 0.25) is 11.9 Å². The lowest BCUT2D eigenvalue weighted by atomic mass is 10.1. The third kappa shape index (κ3) is 5.32. The highest BCUT2D eigenvalue weighted by molar-refractivity contribution is 5.92. The van der Waals surface area contributed by atoms with Crippen molar-refractivity contribution in [3.05, 3.63) is 47.3 Å². The number of aryl methyl sites for hydroxylation is 1. The zero-order valence-corrected chi connectivity index (χ0v) is 20.6. The lowest BCUT2D eigenvalue weighted by Crippen LogP contribution is -2.54. The molecule has 12 heteroatoms. The smallest absolute Gasteiger partial charge is 0.416 e. The standard InChI is InChI=1S/C25H27F4N5O3/c1-14-13-33(19(35)9-6-15-4-7-16(8-5-15)25(27,28)29)10-11-34(14)24-31-21-17(23(30)32-24)12-18(36-2)22(37-3)20(21)26/h4-5,7-8,12,14H,6,9-11,13H2,1-3H3,(H2,30,31,32)/t14-/m0/s1. The van der Waals surface area contributed by atoms with E-state index in [1.807, 2.05) is 11.8 Å². The van der Waals surface area contributed by atoms with E-state index in [0.29, 0.717) is 37.0 Å². The van der Waals surface area contributed by atoms with E-state index in [1.165, 1.54) is 32.4 Å². The van der Waals surface area contributed by atoms with Crippen molar-refractivity contribution < 1.29 is 31.8 Å². The number of piperazine rings is 1. The van der Waals surface area contributed by atoms with E-state index >= 15 is 4.39 Å². The molecule has 0 radical (unpaired) electrons. The maximum absolute atomic E-state index is 15.1. The van der Waals surface area contributed by atoms with Crippen LogP contribution in [0.5, 0.6) is 11.5 Å². The minimum atomic E-state index is -4.39. The van der Waals surface area contributed by atoms with Gasteiger partial charge in [-0.15, -0.1) is 0 Å². The molecular weight excluding hydrogens is 494 g/mol. The second-order valence-electron chi connectivity index (χ2n) is 8.81. The number of anilines is 2. The zero-order valence-electron chi connectivity index (χ0n) is 20.6. The molecular formula is C25H27F4N5O3. The molecule has 0 aliphatic carbocycles. The van der Waals surface area contributed by atoms with Gasteiger partial charge in [-0.05, 0) is 37.1 Å². The lowest BCUT2D eigenvalue weighted by Gasteiger charge is -2.40. The van der Waals surface area contributed by atoms with Crippen molar-refractivity contribution in [3.8, 4) is 11.5 Å². The van der Waals surface area contributed by atoms with Crippen LogP contribution in [-0.2, 0) is 17.4 Å². The third-order valence-electron chi connectivity index (χ3n) is 6.44. The summed E-state index contributed by atoms with van der Waals surface area (Å²) >= 11 is 0. The minimum Gasteiger partial charge on any atom is -0.493 e. The Balaban J connectivity index is 1.44. The molecule has 8 nitrogen and oxygen atoms in total. The number of methoxy groups -OCH3 is 2. The van der Waals surface area contributed by atoms with E-state index in [1.54, 1.807) is 4.90 Å². The minimum absolute atomic E-state index is 0.00222. The number of nitrogen functional groups attached to an aromatic ring is 1. The van der Waals surface area contributed by atoms with Crippen LogP contribution in [0.4, 0.5) is 29.3 Å². The largest absolute Gasteiger partial charge is 0.493 e. The number of rotatable bonds is 6. The van der Waals surface area contributed by atoms with E-state index in [9.17, 15) is 18.0 Å². The van der Waals surface area contributed by atoms with E-state index < -0.39 is 17.6 Å². The van der Waals surface area contributed by atoms with Gasteiger partial charge in [0.05, 0.1) is 19.8 Å². The summed E-state index contributed by atoms with van der Waals surface area (Å²) in [5, 5.41) is 0.295. The van der Waals surface area contributed by atoms with Crippen LogP contribution < -0.4 is 20.1 Å². The van der Waals surface area contributed by atoms with Gasteiger partial charge >= 0.3 is 6.18 Å².